The van der Waals surface area contributed by atoms with Crippen molar-refractivity contribution in [3.05, 3.63) is 36.5 Å². The topological polar surface area (TPSA) is 52.0 Å². The van der Waals surface area contributed by atoms with Crippen molar-refractivity contribution in [3.8, 4) is 0 Å². The Balaban J connectivity index is 0. The number of nitrogens with two attached hydrogens (primary N) is 2. The highest BCUT2D eigenvalue weighted by Gasteiger charge is 1.93. The first-order chi connectivity index (χ1) is 5.04. The molecule has 2 nitrogen and oxygen atoms in total. The molecule has 11 heavy (non-hydrogen) atoms. The van der Waals surface area contributed by atoms with E-state index in [4.69, 9.17) is 11.5 Å². The highest BCUT2D eigenvalue weighted by molar-refractivity contribution is 5.25. The lowest BCUT2D eigenvalue weighted by molar-refractivity contribution is 0.648. The van der Waals surface area contributed by atoms with Gasteiger partial charge in [0.05, 0.1) is 5.70 Å². The van der Waals surface area contributed by atoms with E-state index in [1.54, 1.807) is 0 Å². The number of allylic oxidation sites excluding steroid dienone is 2. The van der Waals surface area contributed by atoms with Crippen LogP contribution < -0.4 is 11.5 Å². The molecule has 64 valence electrons. The smallest absolute Gasteiger partial charge is 0.147 e. The largest absolute Gasteiger partial charge is 0.399 e. The molecule has 0 unspecified atom stereocenters. The van der Waals surface area contributed by atoms with E-state index in [-0.39, 0.29) is 11.4 Å². The van der Waals surface area contributed by atoms with Crippen molar-refractivity contribution in [2.45, 2.75) is 13.8 Å². The molecule has 0 aliphatic carbocycles. The molecule has 0 aliphatic rings. The average Bonchev–Trinajstić information content (AvgIpc) is 1.90. The third-order valence-corrected chi connectivity index (χ3v) is 0.619. The van der Waals surface area contributed by atoms with Gasteiger partial charge < -0.3 is 11.5 Å². The van der Waals surface area contributed by atoms with Crippen molar-refractivity contribution in [2.24, 2.45) is 11.5 Å². The van der Waals surface area contributed by atoms with E-state index in [1.807, 2.05) is 13.8 Å². The normalized spacial score (nSPS) is 9.55. The van der Waals surface area contributed by atoms with E-state index in [9.17, 15) is 4.39 Å². The molecular weight excluding hydrogens is 143 g/mol. The third kappa shape index (κ3) is 8.75. The van der Waals surface area contributed by atoms with Crippen molar-refractivity contribution >= 4 is 0 Å². The van der Waals surface area contributed by atoms with Crippen molar-refractivity contribution in [1.82, 2.24) is 0 Å². The fourth-order valence-corrected chi connectivity index (χ4v) is 0.255. The Morgan fingerprint density at radius 2 is 1.64 bits per heavy atom. The van der Waals surface area contributed by atoms with E-state index < -0.39 is 5.83 Å². The van der Waals surface area contributed by atoms with Crippen molar-refractivity contribution < 1.29 is 4.39 Å². The van der Waals surface area contributed by atoms with Gasteiger partial charge in [0.25, 0.3) is 0 Å². The van der Waals surface area contributed by atoms with Crippen molar-refractivity contribution in [1.29, 1.82) is 0 Å². The lowest BCUT2D eigenvalue weighted by Gasteiger charge is -1.92. The molecule has 0 aromatic heterocycles. The Hall–Kier alpha value is -1.25. The fourth-order valence-electron chi connectivity index (χ4n) is 0.255. The SMILES string of the molecule is C=C(N)/C=C(/F)C(=C)N.CC. The molecular formula is C8H15FN2. The maximum absolute atomic E-state index is 12.3. The van der Waals surface area contributed by atoms with E-state index in [1.165, 1.54) is 0 Å². The molecule has 0 aromatic carbocycles. The molecule has 0 amide bonds. The second-order valence-electron chi connectivity index (χ2n) is 1.59. The van der Waals surface area contributed by atoms with E-state index in [0.29, 0.717) is 0 Å². The highest BCUT2D eigenvalue weighted by atomic mass is 19.1. The molecule has 0 aliphatic heterocycles. The van der Waals surface area contributed by atoms with Crippen LogP contribution >= 0.6 is 0 Å². The summed E-state index contributed by atoms with van der Waals surface area (Å²) in [4.78, 5) is 0. The second kappa shape index (κ2) is 6.86. The van der Waals surface area contributed by atoms with E-state index in [0.717, 1.165) is 6.08 Å². The van der Waals surface area contributed by atoms with Crippen molar-refractivity contribution in [2.75, 3.05) is 0 Å². The van der Waals surface area contributed by atoms with Gasteiger partial charge in [0, 0.05) is 5.70 Å². The number of halogens is 1. The third-order valence-electron chi connectivity index (χ3n) is 0.619. The Labute approximate surface area is 67.1 Å². The van der Waals surface area contributed by atoms with Crippen LogP contribution in [-0.2, 0) is 0 Å². The standard InChI is InChI=1S/C6H9FN2.C2H6/c1-4(8)3-6(7)5(2)9;1-2/h3H,1-2,8-9H2;1-2H3/b6-3+;. The van der Waals surface area contributed by atoms with Gasteiger partial charge in [-0.15, -0.1) is 0 Å². The second-order valence-corrected chi connectivity index (χ2v) is 1.59. The van der Waals surface area contributed by atoms with Gasteiger partial charge in [0.2, 0.25) is 0 Å². The van der Waals surface area contributed by atoms with Crippen LogP contribution in [0.3, 0.4) is 0 Å². The van der Waals surface area contributed by atoms with Gasteiger partial charge in [0.1, 0.15) is 5.83 Å². The zero-order valence-corrected chi connectivity index (χ0v) is 7.02. The van der Waals surface area contributed by atoms with Crippen LogP contribution in [0.15, 0.2) is 36.5 Å². The van der Waals surface area contributed by atoms with Crippen LogP contribution in [0, 0.1) is 0 Å². The quantitative estimate of drug-likeness (QED) is 0.602. The average molecular weight is 158 g/mol. The van der Waals surface area contributed by atoms with Crippen LogP contribution in [0.25, 0.3) is 0 Å². The van der Waals surface area contributed by atoms with Gasteiger partial charge in [-0.1, -0.05) is 27.0 Å². The molecule has 0 atom stereocenters. The lowest BCUT2D eigenvalue weighted by Crippen LogP contribution is -1.97. The molecule has 0 fully saturated rings. The molecule has 0 aromatic rings. The van der Waals surface area contributed by atoms with Crippen LogP contribution in [-0.4, -0.2) is 0 Å². The minimum absolute atomic E-state index is 0.124. The van der Waals surface area contributed by atoms with Gasteiger partial charge in [-0.3, -0.25) is 0 Å². The molecule has 0 saturated heterocycles. The molecule has 3 heteroatoms. The fraction of sp³-hybridized carbons (Fsp3) is 0.250. The van der Waals surface area contributed by atoms with Crippen LogP contribution in [0.4, 0.5) is 4.39 Å². The predicted molar refractivity (Wildman–Crippen MR) is 47.2 cm³/mol. The first-order valence-corrected chi connectivity index (χ1v) is 3.30. The first kappa shape index (κ1) is 12.4. The summed E-state index contributed by atoms with van der Waals surface area (Å²) in [7, 11) is 0. The summed E-state index contributed by atoms with van der Waals surface area (Å²) in [5.41, 5.74) is 9.96. The summed E-state index contributed by atoms with van der Waals surface area (Å²) >= 11 is 0. The molecule has 0 radical (unpaired) electrons. The Morgan fingerprint density at radius 3 is 1.73 bits per heavy atom. The molecule has 0 spiro atoms. The first-order valence-electron chi connectivity index (χ1n) is 3.30. The Kier molecular flexibility index (Phi) is 7.76. The van der Waals surface area contributed by atoms with E-state index in [2.05, 4.69) is 13.2 Å². The number of hydrogen-bond acceptors (Lipinski definition) is 2. The minimum Gasteiger partial charge on any atom is -0.399 e. The van der Waals surface area contributed by atoms with Crippen LogP contribution in [0.2, 0.25) is 0 Å². The van der Waals surface area contributed by atoms with Crippen LogP contribution in [0.1, 0.15) is 13.8 Å². The monoisotopic (exact) mass is 158 g/mol. The van der Waals surface area contributed by atoms with Gasteiger partial charge in [-0.25, -0.2) is 4.39 Å². The van der Waals surface area contributed by atoms with E-state index >= 15 is 0 Å². The molecule has 0 saturated carbocycles. The van der Waals surface area contributed by atoms with Gasteiger partial charge in [0.15, 0.2) is 0 Å². The number of rotatable bonds is 2. The maximum atomic E-state index is 12.3. The van der Waals surface area contributed by atoms with Gasteiger partial charge >= 0.3 is 0 Å². The zero-order valence-electron chi connectivity index (χ0n) is 7.02. The summed E-state index contributed by atoms with van der Waals surface area (Å²) in [6.45, 7) is 10.4. The lowest BCUT2D eigenvalue weighted by atomic mass is 10.3. The maximum Gasteiger partial charge on any atom is 0.147 e. The molecule has 4 N–H and O–H groups in total. The summed E-state index contributed by atoms with van der Waals surface area (Å²) in [6, 6.07) is 0. The van der Waals surface area contributed by atoms with Crippen molar-refractivity contribution in [3.63, 3.8) is 0 Å². The molecule has 0 bridgehead atoms. The van der Waals surface area contributed by atoms with Gasteiger partial charge in [-0.2, -0.15) is 0 Å². The summed E-state index contributed by atoms with van der Waals surface area (Å²) in [5.74, 6) is -0.637. The Morgan fingerprint density at radius 1 is 1.27 bits per heavy atom. The predicted octanol–water partition coefficient (Wildman–Crippen LogP) is 1.81. The molecule has 0 rings (SSSR count). The van der Waals surface area contributed by atoms with Crippen LogP contribution in [0.5, 0.6) is 0 Å². The Bertz CT molecular complexity index is 171. The highest BCUT2D eigenvalue weighted by Crippen LogP contribution is 2.03. The summed E-state index contributed by atoms with van der Waals surface area (Å²) in [6.07, 6.45) is 1.02. The minimum atomic E-state index is -0.637. The zero-order chi connectivity index (χ0) is 9.44. The summed E-state index contributed by atoms with van der Waals surface area (Å²) < 4.78 is 12.3. The number of hydrogen-bond donors (Lipinski definition) is 2. The van der Waals surface area contributed by atoms with Gasteiger partial charge in [-0.05, 0) is 6.08 Å². The summed E-state index contributed by atoms with van der Waals surface area (Å²) in [5, 5.41) is 0. The molecule has 0 heterocycles.